The van der Waals surface area contributed by atoms with Crippen LogP contribution in [-0.2, 0) is 14.8 Å². The van der Waals surface area contributed by atoms with Gasteiger partial charge in [0.05, 0.1) is 10.6 Å². The summed E-state index contributed by atoms with van der Waals surface area (Å²) in [5.41, 5.74) is 2.01. The highest BCUT2D eigenvalue weighted by atomic mass is 35.5. The molecule has 1 fully saturated rings. The van der Waals surface area contributed by atoms with E-state index in [1.165, 1.54) is 4.31 Å². The average Bonchev–Trinajstić information content (AvgIpc) is 2.74. The van der Waals surface area contributed by atoms with Gasteiger partial charge >= 0.3 is 0 Å². The minimum absolute atomic E-state index is 0.149. The molecule has 1 saturated heterocycles. The van der Waals surface area contributed by atoms with Crippen molar-refractivity contribution < 1.29 is 13.2 Å². The summed E-state index contributed by atoms with van der Waals surface area (Å²) in [6, 6.07) is 11.7. The Hall–Kier alpha value is -2.09. The van der Waals surface area contributed by atoms with Crippen molar-refractivity contribution in [3.05, 3.63) is 58.6 Å². The predicted octanol–water partition coefficient (Wildman–Crippen LogP) is 3.32. The van der Waals surface area contributed by atoms with E-state index < -0.39 is 10.0 Å². The summed E-state index contributed by atoms with van der Waals surface area (Å²) in [5, 5.41) is 0.459. The van der Waals surface area contributed by atoms with Gasteiger partial charge in [0.15, 0.2) is 0 Å². The highest BCUT2D eigenvalue weighted by molar-refractivity contribution is 7.92. The second-order valence-electron chi connectivity index (χ2n) is 7.52. The molecule has 0 aromatic heterocycles. The van der Waals surface area contributed by atoms with Crippen molar-refractivity contribution >= 4 is 33.2 Å². The van der Waals surface area contributed by atoms with Crippen LogP contribution < -0.4 is 4.31 Å². The molecule has 3 rings (SSSR count). The van der Waals surface area contributed by atoms with E-state index in [4.69, 9.17) is 11.6 Å². The highest BCUT2D eigenvalue weighted by Gasteiger charge is 2.31. The maximum atomic E-state index is 13.5. The van der Waals surface area contributed by atoms with E-state index in [0.717, 1.165) is 25.2 Å². The fraction of sp³-hybridized carbons (Fsp3) is 0.409. The third-order valence-corrected chi connectivity index (χ3v) is 7.75. The quantitative estimate of drug-likeness (QED) is 0.678. The van der Waals surface area contributed by atoms with E-state index in [2.05, 4.69) is 11.8 Å². The first-order valence-electron chi connectivity index (χ1n) is 10.1. The summed E-state index contributed by atoms with van der Waals surface area (Å²) in [4.78, 5) is 17.2. The number of hydrogen-bond donors (Lipinski definition) is 0. The third kappa shape index (κ3) is 4.79. The third-order valence-electron chi connectivity index (χ3n) is 5.57. The molecule has 0 saturated carbocycles. The normalized spacial score (nSPS) is 15.3. The van der Waals surface area contributed by atoms with E-state index in [0.29, 0.717) is 29.4 Å². The second-order valence-corrected chi connectivity index (χ2v) is 9.79. The van der Waals surface area contributed by atoms with Gasteiger partial charge in [0.1, 0.15) is 6.54 Å². The van der Waals surface area contributed by atoms with Crippen LogP contribution in [0.1, 0.15) is 18.1 Å². The van der Waals surface area contributed by atoms with Crippen molar-refractivity contribution in [2.24, 2.45) is 0 Å². The van der Waals surface area contributed by atoms with Gasteiger partial charge < -0.3 is 9.80 Å². The van der Waals surface area contributed by atoms with Crippen LogP contribution in [0.2, 0.25) is 5.02 Å². The number of carbonyl (C=O) groups excluding carboxylic acids is 1. The van der Waals surface area contributed by atoms with Crippen molar-refractivity contribution in [1.29, 1.82) is 0 Å². The molecule has 0 bridgehead atoms. The molecule has 2 aromatic carbocycles. The van der Waals surface area contributed by atoms with Gasteiger partial charge in [0.25, 0.3) is 10.0 Å². The highest BCUT2D eigenvalue weighted by Crippen LogP contribution is 2.31. The Kier molecular flexibility index (Phi) is 7.06. The number of piperazine rings is 1. The Balaban J connectivity index is 1.95. The number of likely N-dealkylation sites (N-methyl/N-ethyl adjacent to an activating group) is 1. The van der Waals surface area contributed by atoms with Crippen molar-refractivity contribution in [3.8, 4) is 0 Å². The lowest BCUT2D eigenvalue weighted by molar-refractivity contribution is -0.131. The molecule has 1 amide bonds. The molecule has 0 N–H and O–H groups in total. The summed E-state index contributed by atoms with van der Waals surface area (Å²) in [5.74, 6) is -0.208. The van der Waals surface area contributed by atoms with Gasteiger partial charge in [0.2, 0.25) is 5.91 Å². The SMILES string of the molecule is CCN1CCN(C(=O)CN(c2cccc(Cl)c2C)S(=O)(=O)c2ccc(C)cc2)CC1. The number of amides is 1. The second kappa shape index (κ2) is 9.37. The lowest BCUT2D eigenvalue weighted by Crippen LogP contribution is -2.51. The lowest BCUT2D eigenvalue weighted by atomic mass is 10.2. The maximum absolute atomic E-state index is 13.5. The van der Waals surface area contributed by atoms with Crippen LogP contribution >= 0.6 is 11.6 Å². The number of aryl methyl sites for hydroxylation is 1. The van der Waals surface area contributed by atoms with Gasteiger partial charge in [0, 0.05) is 31.2 Å². The molecule has 8 heteroatoms. The number of hydrogen-bond acceptors (Lipinski definition) is 4. The molecule has 162 valence electrons. The van der Waals surface area contributed by atoms with E-state index in [-0.39, 0.29) is 17.3 Å². The Morgan fingerprint density at radius 1 is 1.03 bits per heavy atom. The van der Waals surface area contributed by atoms with Crippen LogP contribution in [0.3, 0.4) is 0 Å². The fourth-order valence-corrected chi connectivity index (χ4v) is 5.18. The molecule has 0 aliphatic carbocycles. The smallest absolute Gasteiger partial charge is 0.264 e. The van der Waals surface area contributed by atoms with Gasteiger partial charge in [-0.1, -0.05) is 42.3 Å². The number of benzene rings is 2. The van der Waals surface area contributed by atoms with Gasteiger partial charge in [-0.2, -0.15) is 0 Å². The molecule has 6 nitrogen and oxygen atoms in total. The van der Waals surface area contributed by atoms with Crippen LogP contribution in [0.25, 0.3) is 0 Å². The standard InChI is InChI=1S/C22H28ClN3O3S/c1-4-24-12-14-25(15-13-24)22(27)16-26(21-7-5-6-20(23)18(21)3)30(28,29)19-10-8-17(2)9-11-19/h5-11H,4,12-16H2,1-3H3. The fourth-order valence-electron chi connectivity index (χ4n) is 3.54. The Morgan fingerprint density at radius 3 is 2.27 bits per heavy atom. The summed E-state index contributed by atoms with van der Waals surface area (Å²) in [6.45, 7) is 9.22. The minimum atomic E-state index is -3.94. The van der Waals surface area contributed by atoms with Crippen LogP contribution in [0.4, 0.5) is 5.69 Å². The van der Waals surface area contributed by atoms with Gasteiger partial charge in [-0.15, -0.1) is 0 Å². The van der Waals surface area contributed by atoms with Gasteiger partial charge in [-0.05, 0) is 50.2 Å². The number of sulfonamides is 1. The first kappa shape index (κ1) is 22.6. The van der Waals surface area contributed by atoms with E-state index in [1.807, 2.05) is 6.92 Å². The van der Waals surface area contributed by atoms with Crippen LogP contribution in [0.15, 0.2) is 47.4 Å². The number of nitrogens with zero attached hydrogens (tertiary/aromatic N) is 3. The Bertz CT molecular complexity index is 1000. The molecule has 1 aliphatic heterocycles. The largest absolute Gasteiger partial charge is 0.339 e. The lowest BCUT2D eigenvalue weighted by Gasteiger charge is -2.35. The van der Waals surface area contributed by atoms with Crippen LogP contribution in [-0.4, -0.2) is 63.4 Å². The molecule has 0 spiro atoms. The number of carbonyl (C=O) groups is 1. The molecule has 2 aromatic rings. The maximum Gasteiger partial charge on any atom is 0.264 e. The van der Waals surface area contributed by atoms with E-state index in [9.17, 15) is 13.2 Å². The molecule has 0 unspecified atom stereocenters. The summed E-state index contributed by atoms with van der Waals surface area (Å²) in [7, 11) is -3.94. The summed E-state index contributed by atoms with van der Waals surface area (Å²) >= 11 is 6.27. The van der Waals surface area contributed by atoms with Gasteiger partial charge in [-0.25, -0.2) is 8.42 Å². The van der Waals surface area contributed by atoms with Crippen LogP contribution in [0, 0.1) is 13.8 Å². The monoisotopic (exact) mass is 449 g/mol. The summed E-state index contributed by atoms with van der Waals surface area (Å²) in [6.07, 6.45) is 0. The predicted molar refractivity (Wildman–Crippen MR) is 121 cm³/mol. The zero-order valence-electron chi connectivity index (χ0n) is 17.6. The molecule has 1 aliphatic rings. The number of halogens is 1. The number of anilines is 1. The topological polar surface area (TPSA) is 60.9 Å². The van der Waals surface area contributed by atoms with Gasteiger partial charge in [-0.3, -0.25) is 9.10 Å². The van der Waals surface area contributed by atoms with Crippen molar-refractivity contribution in [2.75, 3.05) is 43.6 Å². The van der Waals surface area contributed by atoms with Crippen molar-refractivity contribution in [1.82, 2.24) is 9.80 Å². The molecule has 1 heterocycles. The van der Waals surface area contributed by atoms with Crippen molar-refractivity contribution in [3.63, 3.8) is 0 Å². The molecular formula is C22H28ClN3O3S. The van der Waals surface area contributed by atoms with E-state index in [1.54, 1.807) is 54.3 Å². The van der Waals surface area contributed by atoms with E-state index >= 15 is 0 Å². The zero-order valence-corrected chi connectivity index (χ0v) is 19.2. The minimum Gasteiger partial charge on any atom is -0.339 e. The number of rotatable bonds is 6. The van der Waals surface area contributed by atoms with Crippen molar-refractivity contribution in [2.45, 2.75) is 25.7 Å². The molecule has 0 radical (unpaired) electrons. The Labute approximate surface area is 184 Å². The first-order valence-corrected chi connectivity index (χ1v) is 11.9. The zero-order chi connectivity index (χ0) is 21.9. The molecular weight excluding hydrogens is 422 g/mol. The molecule has 0 atom stereocenters. The average molecular weight is 450 g/mol. The first-order chi connectivity index (χ1) is 14.2. The molecule has 30 heavy (non-hydrogen) atoms. The summed E-state index contributed by atoms with van der Waals surface area (Å²) < 4.78 is 28.2. The Morgan fingerprint density at radius 2 is 1.67 bits per heavy atom. The van der Waals surface area contributed by atoms with Crippen LogP contribution in [0.5, 0.6) is 0 Å².